The van der Waals surface area contributed by atoms with Crippen LogP contribution in [0.1, 0.15) is 5.56 Å². The van der Waals surface area contributed by atoms with Crippen molar-refractivity contribution in [3.63, 3.8) is 0 Å². The van der Waals surface area contributed by atoms with Gasteiger partial charge in [-0.05, 0) is 54.1 Å². The van der Waals surface area contributed by atoms with Crippen LogP contribution in [0.25, 0.3) is 0 Å². The van der Waals surface area contributed by atoms with Crippen LogP contribution in [0.2, 0.25) is 0 Å². The van der Waals surface area contributed by atoms with Gasteiger partial charge in [0.1, 0.15) is 35.9 Å². The number of hydrogen-bond donors (Lipinski definition) is 5. The number of ether oxygens (including phenoxy) is 3. The molecule has 1 aliphatic rings. The summed E-state index contributed by atoms with van der Waals surface area (Å²) in [6.45, 7) is -0.731. The number of hydrogen-bond acceptors (Lipinski definition) is 9. The van der Waals surface area contributed by atoms with Crippen molar-refractivity contribution in [2.75, 3.05) is 13.2 Å². The van der Waals surface area contributed by atoms with Gasteiger partial charge in [-0.3, -0.25) is 4.79 Å². The Morgan fingerprint density at radius 1 is 1.03 bits per heavy atom. The first-order valence-electron chi connectivity index (χ1n) is 9.65. The number of rotatable bonds is 8. The molecule has 1 saturated heterocycles. The molecule has 11 heteroatoms. The number of nitrogens with one attached hydrogen (secondary N) is 1. The molecule has 5 N–H and O–H groups in total. The number of carbonyl (C=O) groups is 1. The molecule has 0 aromatic heterocycles. The minimum absolute atomic E-state index is 0.190. The van der Waals surface area contributed by atoms with Gasteiger partial charge < -0.3 is 34.6 Å². The van der Waals surface area contributed by atoms with Gasteiger partial charge in [-0.2, -0.15) is 5.10 Å². The lowest BCUT2D eigenvalue weighted by atomic mass is 9.99. The number of carbonyl (C=O) groups excluding carboxylic acids is 1. The number of aliphatic hydroxyl groups is 4. The van der Waals surface area contributed by atoms with Gasteiger partial charge in [-0.15, -0.1) is 0 Å². The van der Waals surface area contributed by atoms with E-state index < -0.39 is 43.2 Å². The molecular formula is C21H23BrN2O8. The van der Waals surface area contributed by atoms with Crippen molar-refractivity contribution in [3.05, 3.63) is 58.6 Å². The molecule has 0 unspecified atom stereocenters. The van der Waals surface area contributed by atoms with Gasteiger partial charge in [0.2, 0.25) is 6.29 Å². The number of amides is 1. The molecule has 1 fully saturated rings. The van der Waals surface area contributed by atoms with Crippen LogP contribution in [0.4, 0.5) is 0 Å². The van der Waals surface area contributed by atoms with Crippen molar-refractivity contribution in [2.24, 2.45) is 5.10 Å². The Morgan fingerprint density at radius 3 is 2.34 bits per heavy atom. The third-order valence-corrected chi connectivity index (χ3v) is 5.10. The number of hydrazone groups is 1. The van der Waals surface area contributed by atoms with Gasteiger partial charge in [0.05, 0.1) is 12.8 Å². The smallest absolute Gasteiger partial charge is 0.277 e. The standard InChI is InChI=1S/C21H23BrN2O8/c22-13-3-7-14(8-4-13)30-11-17(26)24-23-9-12-1-5-15(6-2-12)31-21-20(29)19(28)18(27)16(10-25)32-21/h1-9,16,18-21,25,27-29H,10-11H2,(H,24,26)/t16-,18-,19+,20-,21-/m1/s1. The first-order valence-corrected chi connectivity index (χ1v) is 10.4. The highest BCUT2D eigenvalue weighted by Crippen LogP contribution is 2.24. The number of nitrogens with zero attached hydrogens (tertiary/aromatic N) is 1. The van der Waals surface area contributed by atoms with E-state index in [9.17, 15) is 25.2 Å². The van der Waals surface area contributed by atoms with E-state index in [1.54, 1.807) is 48.5 Å². The average Bonchev–Trinajstić information content (AvgIpc) is 2.80. The van der Waals surface area contributed by atoms with Crippen LogP contribution >= 0.6 is 15.9 Å². The Morgan fingerprint density at radius 2 is 1.69 bits per heavy atom. The molecule has 172 valence electrons. The van der Waals surface area contributed by atoms with E-state index in [4.69, 9.17) is 14.2 Å². The highest BCUT2D eigenvalue weighted by molar-refractivity contribution is 9.10. The Bertz CT molecular complexity index is 907. The quantitative estimate of drug-likeness (QED) is 0.249. The van der Waals surface area contributed by atoms with Crippen LogP contribution in [-0.4, -0.2) is 76.5 Å². The lowest BCUT2D eigenvalue weighted by molar-refractivity contribution is -0.277. The van der Waals surface area contributed by atoms with E-state index in [-0.39, 0.29) is 6.61 Å². The third-order valence-electron chi connectivity index (χ3n) is 4.57. The fraction of sp³-hybridized carbons (Fsp3) is 0.333. The molecule has 0 bridgehead atoms. The molecule has 0 spiro atoms. The average molecular weight is 511 g/mol. The minimum atomic E-state index is -1.52. The van der Waals surface area contributed by atoms with Gasteiger partial charge in [0.25, 0.3) is 5.91 Å². The zero-order valence-electron chi connectivity index (χ0n) is 16.7. The van der Waals surface area contributed by atoms with Crippen molar-refractivity contribution in [1.29, 1.82) is 0 Å². The van der Waals surface area contributed by atoms with Crippen LogP contribution in [0, 0.1) is 0 Å². The summed E-state index contributed by atoms with van der Waals surface area (Å²) in [6, 6.07) is 13.5. The summed E-state index contributed by atoms with van der Waals surface area (Å²) in [6.07, 6.45) is -5.37. The van der Waals surface area contributed by atoms with Gasteiger partial charge in [0.15, 0.2) is 6.61 Å². The second kappa shape index (κ2) is 11.4. The summed E-state index contributed by atoms with van der Waals surface area (Å²) >= 11 is 3.32. The zero-order valence-corrected chi connectivity index (χ0v) is 18.3. The predicted molar refractivity (Wildman–Crippen MR) is 116 cm³/mol. The summed E-state index contributed by atoms with van der Waals surface area (Å²) in [5.41, 5.74) is 3.01. The highest BCUT2D eigenvalue weighted by Gasteiger charge is 2.44. The van der Waals surface area contributed by atoms with Crippen molar-refractivity contribution in [2.45, 2.75) is 30.7 Å². The van der Waals surface area contributed by atoms with Gasteiger partial charge in [-0.1, -0.05) is 15.9 Å². The minimum Gasteiger partial charge on any atom is -0.484 e. The van der Waals surface area contributed by atoms with E-state index in [1.165, 1.54) is 6.21 Å². The lowest BCUT2D eigenvalue weighted by Gasteiger charge is -2.39. The van der Waals surface area contributed by atoms with Crippen LogP contribution in [-0.2, 0) is 9.53 Å². The third kappa shape index (κ3) is 6.48. The largest absolute Gasteiger partial charge is 0.484 e. The SMILES string of the molecule is O=C(COc1ccc(Br)cc1)NN=Cc1ccc(O[C@@H]2O[C@H](CO)[C@@H](O)[C@H](O)[C@H]2O)cc1. The Labute approximate surface area is 192 Å². The molecule has 32 heavy (non-hydrogen) atoms. The molecule has 1 heterocycles. The molecular weight excluding hydrogens is 488 g/mol. The van der Waals surface area contributed by atoms with Crippen LogP contribution in [0.15, 0.2) is 58.1 Å². The number of benzene rings is 2. The first kappa shape index (κ1) is 24.1. The van der Waals surface area contributed by atoms with Crippen LogP contribution < -0.4 is 14.9 Å². The molecule has 2 aromatic carbocycles. The molecule has 0 aliphatic carbocycles. The predicted octanol–water partition coefficient (Wildman–Crippen LogP) is 0.157. The van der Waals surface area contributed by atoms with E-state index in [0.717, 1.165) is 4.47 Å². The maximum Gasteiger partial charge on any atom is 0.277 e. The van der Waals surface area contributed by atoms with E-state index >= 15 is 0 Å². The topological polar surface area (TPSA) is 150 Å². The zero-order chi connectivity index (χ0) is 23.1. The normalized spacial score (nSPS) is 25.5. The van der Waals surface area contributed by atoms with Gasteiger partial charge in [-0.25, -0.2) is 5.43 Å². The summed E-state index contributed by atoms with van der Waals surface area (Å²) in [5, 5.41) is 42.7. The van der Waals surface area contributed by atoms with Crippen molar-refractivity contribution < 1.29 is 39.4 Å². The monoisotopic (exact) mass is 510 g/mol. The maximum absolute atomic E-state index is 11.8. The second-order valence-corrected chi connectivity index (χ2v) is 7.84. The maximum atomic E-state index is 11.8. The summed E-state index contributed by atoms with van der Waals surface area (Å²) in [7, 11) is 0. The van der Waals surface area contributed by atoms with Crippen molar-refractivity contribution >= 4 is 28.1 Å². The lowest BCUT2D eigenvalue weighted by Crippen LogP contribution is -2.60. The summed E-state index contributed by atoms with van der Waals surface area (Å²) < 4.78 is 17.1. The number of halogens is 1. The summed E-state index contributed by atoms with van der Waals surface area (Å²) in [5.74, 6) is 0.451. The molecule has 1 amide bonds. The second-order valence-electron chi connectivity index (χ2n) is 6.92. The van der Waals surface area contributed by atoms with Gasteiger partial charge in [0, 0.05) is 4.47 Å². The van der Waals surface area contributed by atoms with Crippen LogP contribution in [0.3, 0.4) is 0 Å². The number of aliphatic hydroxyl groups excluding tert-OH is 4. The van der Waals surface area contributed by atoms with E-state index in [0.29, 0.717) is 17.1 Å². The molecule has 0 radical (unpaired) electrons. The van der Waals surface area contributed by atoms with E-state index in [1.807, 2.05) is 0 Å². The van der Waals surface area contributed by atoms with Crippen molar-refractivity contribution in [3.8, 4) is 11.5 Å². The molecule has 3 rings (SSSR count). The fourth-order valence-electron chi connectivity index (χ4n) is 2.82. The van der Waals surface area contributed by atoms with Crippen LogP contribution in [0.5, 0.6) is 11.5 Å². The Hall–Kier alpha value is -2.54. The summed E-state index contributed by atoms with van der Waals surface area (Å²) in [4.78, 5) is 11.8. The van der Waals surface area contributed by atoms with Crippen molar-refractivity contribution in [1.82, 2.24) is 5.43 Å². The highest BCUT2D eigenvalue weighted by atomic mass is 79.9. The Kier molecular flexibility index (Phi) is 8.56. The van der Waals surface area contributed by atoms with Gasteiger partial charge >= 0.3 is 0 Å². The molecule has 0 saturated carbocycles. The molecule has 2 aromatic rings. The Balaban J connectivity index is 1.47. The molecule has 10 nitrogen and oxygen atoms in total. The molecule has 5 atom stereocenters. The van der Waals surface area contributed by atoms with E-state index in [2.05, 4.69) is 26.5 Å². The molecule has 1 aliphatic heterocycles. The fourth-order valence-corrected chi connectivity index (χ4v) is 3.09. The first-order chi connectivity index (χ1) is 15.4.